The van der Waals surface area contributed by atoms with Gasteiger partial charge in [-0.3, -0.25) is 4.79 Å². The van der Waals surface area contributed by atoms with Crippen LogP contribution in [0.2, 0.25) is 0 Å². The summed E-state index contributed by atoms with van der Waals surface area (Å²) >= 11 is 0. The summed E-state index contributed by atoms with van der Waals surface area (Å²) in [5, 5.41) is 33.2. The van der Waals surface area contributed by atoms with Gasteiger partial charge in [0.25, 0.3) is 5.91 Å². The monoisotopic (exact) mass is 320 g/mol. The molecule has 3 rings (SSSR count). The fourth-order valence-corrected chi connectivity index (χ4v) is 2.47. The fourth-order valence-electron chi connectivity index (χ4n) is 2.47. The highest BCUT2D eigenvalue weighted by molar-refractivity contribution is 5.89. The standard InChI is InChI=1S/C14H16N4O5/c15-11(22)12-16-13(7-4-2-1-3-5-7)18(17-12)14-10(21)9(20)8(6-19)23-14/h1-5,8-10,14,19-21H,6H2,(H2,15,22)/t8-,9-,10-,14-/m1/s1. The molecule has 9 nitrogen and oxygen atoms in total. The maximum Gasteiger partial charge on any atom is 0.288 e. The second-order valence-corrected chi connectivity index (χ2v) is 5.16. The van der Waals surface area contributed by atoms with Crippen LogP contribution in [0.4, 0.5) is 0 Å². The van der Waals surface area contributed by atoms with E-state index in [0.717, 1.165) is 0 Å². The Labute approximate surface area is 130 Å². The summed E-state index contributed by atoms with van der Waals surface area (Å²) in [4.78, 5) is 15.4. The van der Waals surface area contributed by atoms with E-state index in [2.05, 4.69) is 10.1 Å². The van der Waals surface area contributed by atoms with E-state index in [1.54, 1.807) is 24.3 Å². The number of aromatic nitrogens is 3. The van der Waals surface area contributed by atoms with Crippen molar-refractivity contribution in [1.82, 2.24) is 14.8 Å². The maximum absolute atomic E-state index is 11.4. The SMILES string of the molecule is NC(=O)c1nc(-c2ccccc2)n([C@@H]2O[C@H](CO)[C@@H](O)[C@H]2O)n1. The zero-order valence-corrected chi connectivity index (χ0v) is 12.0. The highest BCUT2D eigenvalue weighted by atomic mass is 16.6. The van der Waals surface area contributed by atoms with Crippen LogP contribution in [0, 0.1) is 0 Å². The average Bonchev–Trinajstić information content (AvgIpc) is 3.11. The van der Waals surface area contributed by atoms with Gasteiger partial charge in [-0.05, 0) is 0 Å². The number of amides is 1. The Hall–Kier alpha value is -2.33. The lowest BCUT2D eigenvalue weighted by Crippen LogP contribution is -2.33. The van der Waals surface area contributed by atoms with Crippen molar-refractivity contribution in [3.8, 4) is 11.4 Å². The largest absolute Gasteiger partial charge is 0.394 e. The average molecular weight is 320 g/mol. The molecule has 1 saturated heterocycles. The van der Waals surface area contributed by atoms with Crippen LogP contribution in [-0.2, 0) is 4.74 Å². The molecule has 122 valence electrons. The number of rotatable bonds is 4. The molecule has 4 atom stereocenters. The third-order valence-electron chi connectivity index (χ3n) is 3.64. The topological polar surface area (TPSA) is 144 Å². The van der Waals surface area contributed by atoms with Crippen LogP contribution < -0.4 is 5.73 Å². The van der Waals surface area contributed by atoms with Crippen LogP contribution >= 0.6 is 0 Å². The van der Waals surface area contributed by atoms with Crippen molar-refractivity contribution in [3.63, 3.8) is 0 Å². The molecule has 9 heteroatoms. The van der Waals surface area contributed by atoms with E-state index in [0.29, 0.717) is 5.56 Å². The molecule has 0 radical (unpaired) electrons. The second kappa shape index (κ2) is 6.05. The summed E-state index contributed by atoms with van der Waals surface area (Å²) in [7, 11) is 0. The number of benzene rings is 1. The van der Waals surface area contributed by atoms with Crippen LogP contribution in [0.5, 0.6) is 0 Å². The van der Waals surface area contributed by atoms with Crippen molar-refractivity contribution < 1.29 is 24.9 Å². The molecule has 0 spiro atoms. The Kier molecular flexibility index (Phi) is 4.09. The number of ether oxygens (including phenoxy) is 1. The van der Waals surface area contributed by atoms with Crippen molar-refractivity contribution >= 4 is 5.91 Å². The van der Waals surface area contributed by atoms with Gasteiger partial charge in [0.05, 0.1) is 6.61 Å². The Morgan fingerprint density at radius 3 is 2.52 bits per heavy atom. The molecule has 0 aliphatic carbocycles. The van der Waals surface area contributed by atoms with Gasteiger partial charge in [0, 0.05) is 5.56 Å². The molecule has 0 bridgehead atoms. The Balaban J connectivity index is 2.06. The van der Waals surface area contributed by atoms with Crippen LogP contribution in [0.3, 0.4) is 0 Å². The molecule has 1 aromatic carbocycles. The van der Waals surface area contributed by atoms with Gasteiger partial charge in [0.15, 0.2) is 12.1 Å². The van der Waals surface area contributed by atoms with Gasteiger partial charge in [-0.1, -0.05) is 30.3 Å². The van der Waals surface area contributed by atoms with Crippen LogP contribution in [0.25, 0.3) is 11.4 Å². The zero-order chi connectivity index (χ0) is 16.6. The van der Waals surface area contributed by atoms with Crippen LogP contribution in [0.1, 0.15) is 16.8 Å². The molecule has 1 amide bonds. The van der Waals surface area contributed by atoms with E-state index in [9.17, 15) is 20.1 Å². The van der Waals surface area contributed by atoms with E-state index in [-0.39, 0.29) is 11.6 Å². The minimum Gasteiger partial charge on any atom is -0.394 e. The van der Waals surface area contributed by atoms with E-state index >= 15 is 0 Å². The van der Waals surface area contributed by atoms with Gasteiger partial charge in [-0.15, -0.1) is 5.10 Å². The number of aliphatic hydroxyl groups excluding tert-OH is 3. The molecule has 1 aliphatic rings. The maximum atomic E-state index is 11.4. The Morgan fingerprint density at radius 1 is 1.26 bits per heavy atom. The lowest BCUT2D eigenvalue weighted by Gasteiger charge is -2.16. The number of hydrogen-bond donors (Lipinski definition) is 4. The molecular weight excluding hydrogens is 304 g/mol. The van der Waals surface area contributed by atoms with E-state index in [4.69, 9.17) is 10.5 Å². The molecular formula is C14H16N4O5. The van der Waals surface area contributed by atoms with E-state index in [1.807, 2.05) is 6.07 Å². The van der Waals surface area contributed by atoms with Crippen molar-refractivity contribution in [2.45, 2.75) is 24.5 Å². The van der Waals surface area contributed by atoms with Gasteiger partial charge in [0.2, 0.25) is 5.82 Å². The smallest absolute Gasteiger partial charge is 0.288 e. The minimum atomic E-state index is -1.34. The molecule has 1 aromatic heterocycles. The van der Waals surface area contributed by atoms with E-state index in [1.165, 1.54) is 4.68 Å². The predicted octanol–water partition coefficient (Wildman–Crippen LogP) is -1.34. The summed E-state index contributed by atoms with van der Waals surface area (Å²) in [6, 6.07) is 8.84. The molecule has 0 saturated carbocycles. The molecule has 23 heavy (non-hydrogen) atoms. The number of nitrogens with two attached hydrogens (primary N) is 1. The normalized spacial score (nSPS) is 27.3. The van der Waals surface area contributed by atoms with Gasteiger partial charge < -0.3 is 25.8 Å². The summed E-state index contributed by atoms with van der Waals surface area (Å²) < 4.78 is 6.63. The molecule has 0 unspecified atom stereocenters. The van der Waals surface area contributed by atoms with Crippen LogP contribution in [-0.4, -0.2) is 60.9 Å². The Morgan fingerprint density at radius 2 is 1.96 bits per heavy atom. The van der Waals surface area contributed by atoms with Crippen molar-refractivity contribution in [2.24, 2.45) is 5.73 Å². The first-order chi connectivity index (χ1) is 11.0. The molecule has 1 aliphatic heterocycles. The number of nitrogens with zero attached hydrogens (tertiary/aromatic N) is 3. The minimum absolute atomic E-state index is 0.235. The quantitative estimate of drug-likeness (QED) is 0.545. The zero-order valence-electron chi connectivity index (χ0n) is 12.0. The first kappa shape index (κ1) is 15.6. The molecule has 2 heterocycles. The Bertz CT molecular complexity index is 704. The van der Waals surface area contributed by atoms with Gasteiger partial charge >= 0.3 is 0 Å². The number of carbonyl (C=O) groups is 1. The molecule has 5 N–H and O–H groups in total. The summed E-state index contributed by atoms with van der Waals surface area (Å²) in [5.41, 5.74) is 5.85. The first-order valence-electron chi connectivity index (χ1n) is 6.97. The third-order valence-corrected chi connectivity index (χ3v) is 3.64. The van der Waals surface area contributed by atoms with Crippen molar-refractivity contribution in [3.05, 3.63) is 36.2 Å². The van der Waals surface area contributed by atoms with Gasteiger partial charge in [-0.2, -0.15) is 0 Å². The highest BCUT2D eigenvalue weighted by Gasteiger charge is 2.45. The number of aliphatic hydroxyl groups is 3. The number of primary amides is 1. The summed E-state index contributed by atoms with van der Waals surface area (Å²) in [6.45, 7) is -0.466. The molecule has 1 fully saturated rings. The lowest BCUT2D eigenvalue weighted by molar-refractivity contribution is -0.0579. The van der Waals surface area contributed by atoms with Crippen molar-refractivity contribution in [2.75, 3.05) is 6.61 Å². The predicted molar refractivity (Wildman–Crippen MR) is 77.0 cm³/mol. The third kappa shape index (κ3) is 2.70. The van der Waals surface area contributed by atoms with Gasteiger partial charge in [0.1, 0.15) is 18.3 Å². The number of carbonyl (C=O) groups excluding carboxylic acids is 1. The van der Waals surface area contributed by atoms with Crippen LogP contribution in [0.15, 0.2) is 30.3 Å². The number of hydrogen-bond acceptors (Lipinski definition) is 7. The highest BCUT2D eigenvalue weighted by Crippen LogP contribution is 2.32. The fraction of sp³-hybridized carbons (Fsp3) is 0.357. The lowest BCUT2D eigenvalue weighted by atomic mass is 10.1. The van der Waals surface area contributed by atoms with E-state index < -0.39 is 37.1 Å². The summed E-state index contributed by atoms with van der Waals surface area (Å²) in [5.74, 6) is -0.802. The molecule has 2 aromatic rings. The first-order valence-corrected chi connectivity index (χ1v) is 6.97. The van der Waals surface area contributed by atoms with Gasteiger partial charge in [-0.25, -0.2) is 9.67 Å². The summed E-state index contributed by atoms with van der Waals surface area (Å²) in [6.07, 6.45) is -4.68. The van der Waals surface area contributed by atoms with Crippen molar-refractivity contribution in [1.29, 1.82) is 0 Å². The second-order valence-electron chi connectivity index (χ2n) is 5.16.